The number of hydrogen-bond donors (Lipinski definition) is 1. The Balaban J connectivity index is 1.73. The van der Waals surface area contributed by atoms with Crippen molar-refractivity contribution in [2.75, 3.05) is 32.8 Å². The molecule has 0 spiro atoms. The highest BCUT2D eigenvalue weighted by Gasteiger charge is 2.31. The fourth-order valence-electron chi connectivity index (χ4n) is 3.17. The Bertz CT molecular complexity index is 605. The fourth-order valence-corrected chi connectivity index (χ4v) is 3.17. The number of carbonyl (C=O) groups is 2. The van der Waals surface area contributed by atoms with Gasteiger partial charge in [-0.3, -0.25) is 14.5 Å². The number of nitrogens with zero attached hydrogens (tertiary/aromatic N) is 1. The molecule has 6 nitrogen and oxygen atoms in total. The lowest BCUT2D eigenvalue weighted by molar-refractivity contribution is -0.151. The summed E-state index contributed by atoms with van der Waals surface area (Å²) in [7, 11) is 0. The van der Waals surface area contributed by atoms with Crippen molar-refractivity contribution in [1.29, 1.82) is 0 Å². The predicted octanol–water partition coefficient (Wildman–Crippen LogP) is 2.15. The summed E-state index contributed by atoms with van der Waals surface area (Å²) in [4.78, 5) is 26.4. The van der Waals surface area contributed by atoms with Crippen LogP contribution in [0, 0.1) is 12.8 Å². The van der Waals surface area contributed by atoms with Gasteiger partial charge >= 0.3 is 5.97 Å². The molecule has 1 N–H and O–H groups in total. The number of amides is 1. The summed E-state index contributed by atoms with van der Waals surface area (Å²) in [6.07, 6.45) is 1.73. The van der Waals surface area contributed by atoms with Crippen LogP contribution in [-0.2, 0) is 14.3 Å². The lowest BCUT2D eigenvalue weighted by atomic mass is 9.97. The quantitative estimate of drug-likeness (QED) is 0.567. The van der Waals surface area contributed by atoms with Crippen LogP contribution in [0.1, 0.15) is 32.3 Å². The number of esters is 1. The van der Waals surface area contributed by atoms with Gasteiger partial charge in [-0.05, 0) is 57.9 Å². The molecule has 1 saturated heterocycles. The average molecular weight is 362 g/mol. The molecular weight excluding hydrogens is 332 g/mol. The van der Waals surface area contributed by atoms with Crippen LogP contribution in [0.4, 0.5) is 0 Å². The van der Waals surface area contributed by atoms with E-state index in [4.69, 9.17) is 9.47 Å². The Hall–Kier alpha value is -2.08. The van der Waals surface area contributed by atoms with Gasteiger partial charge in [-0.15, -0.1) is 0 Å². The molecule has 1 aliphatic heterocycles. The van der Waals surface area contributed by atoms with Crippen molar-refractivity contribution in [1.82, 2.24) is 10.2 Å². The number of ether oxygens (including phenoxy) is 2. The van der Waals surface area contributed by atoms with Crippen LogP contribution >= 0.6 is 0 Å². The summed E-state index contributed by atoms with van der Waals surface area (Å²) < 4.78 is 10.8. The third-order valence-corrected chi connectivity index (χ3v) is 4.66. The largest absolute Gasteiger partial charge is 0.492 e. The van der Waals surface area contributed by atoms with Crippen molar-refractivity contribution in [2.24, 2.45) is 5.92 Å². The number of aryl methyl sites for hydroxylation is 1. The average Bonchev–Trinajstić information content (AvgIpc) is 2.65. The van der Waals surface area contributed by atoms with Crippen LogP contribution in [0.5, 0.6) is 5.75 Å². The lowest BCUT2D eigenvalue weighted by Crippen LogP contribution is -2.50. The summed E-state index contributed by atoms with van der Waals surface area (Å²) in [6, 6.07) is 7.56. The minimum atomic E-state index is -0.272. The summed E-state index contributed by atoms with van der Waals surface area (Å²) in [6.45, 7) is 8.37. The summed E-state index contributed by atoms with van der Waals surface area (Å²) in [5, 5.41) is 2.91. The van der Waals surface area contributed by atoms with Crippen LogP contribution in [0.25, 0.3) is 0 Å². The van der Waals surface area contributed by atoms with E-state index in [2.05, 4.69) is 10.2 Å². The van der Waals surface area contributed by atoms with Crippen LogP contribution in [-0.4, -0.2) is 55.7 Å². The Labute approximate surface area is 155 Å². The maximum absolute atomic E-state index is 12.4. The number of nitrogens with one attached hydrogen (secondary N) is 1. The summed E-state index contributed by atoms with van der Waals surface area (Å²) >= 11 is 0. The number of carbonyl (C=O) groups excluding carboxylic acids is 2. The highest BCUT2D eigenvalue weighted by atomic mass is 16.5. The molecule has 1 aromatic rings. The van der Waals surface area contributed by atoms with E-state index in [0.29, 0.717) is 26.3 Å². The number of benzene rings is 1. The van der Waals surface area contributed by atoms with Gasteiger partial charge in [0.2, 0.25) is 5.91 Å². The monoisotopic (exact) mass is 362 g/mol. The maximum Gasteiger partial charge on any atom is 0.310 e. The summed E-state index contributed by atoms with van der Waals surface area (Å²) in [5.41, 5.74) is 1.14. The Kier molecular flexibility index (Phi) is 7.91. The zero-order chi connectivity index (χ0) is 18.9. The first-order chi connectivity index (χ1) is 12.5. The molecule has 1 amide bonds. The smallest absolute Gasteiger partial charge is 0.310 e. The molecule has 1 aromatic carbocycles. The van der Waals surface area contributed by atoms with Gasteiger partial charge in [0.05, 0.1) is 25.1 Å². The minimum Gasteiger partial charge on any atom is -0.492 e. The van der Waals surface area contributed by atoms with Gasteiger partial charge in [0.25, 0.3) is 0 Å². The van der Waals surface area contributed by atoms with E-state index in [0.717, 1.165) is 30.7 Å². The van der Waals surface area contributed by atoms with Crippen LogP contribution in [0.3, 0.4) is 0 Å². The molecule has 0 aromatic heterocycles. The van der Waals surface area contributed by atoms with Gasteiger partial charge in [0.1, 0.15) is 12.4 Å². The molecule has 0 saturated carbocycles. The van der Waals surface area contributed by atoms with E-state index >= 15 is 0 Å². The third-order valence-electron chi connectivity index (χ3n) is 4.66. The zero-order valence-electron chi connectivity index (χ0n) is 16.0. The van der Waals surface area contributed by atoms with Crippen LogP contribution in [0.15, 0.2) is 24.3 Å². The number of piperidine rings is 1. The molecule has 6 heteroatoms. The Morgan fingerprint density at radius 1 is 1.38 bits per heavy atom. The van der Waals surface area contributed by atoms with Crippen molar-refractivity contribution < 1.29 is 19.1 Å². The second-order valence-electron chi connectivity index (χ2n) is 6.72. The van der Waals surface area contributed by atoms with Crippen molar-refractivity contribution in [3.05, 3.63) is 29.8 Å². The van der Waals surface area contributed by atoms with Crippen LogP contribution < -0.4 is 10.1 Å². The van der Waals surface area contributed by atoms with Crippen molar-refractivity contribution in [2.45, 2.75) is 39.7 Å². The number of rotatable bonds is 8. The highest BCUT2D eigenvalue weighted by molar-refractivity contribution is 5.81. The van der Waals surface area contributed by atoms with E-state index in [9.17, 15) is 9.59 Å². The van der Waals surface area contributed by atoms with E-state index in [1.165, 1.54) is 0 Å². The maximum atomic E-state index is 12.4. The normalized spacial score (nSPS) is 18.8. The lowest BCUT2D eigenvalue weighted by Gasteiger charge is -2.35. The van der Waals surface area contributed by atoms with E-state index in [-0.39, 0.29) is 23.8 Å². The topological polar surface area (TPSA) is 67.9 Å². The first-order valence-electron chi connectivity index (χ1n) is 9.39. The molecule has 1 fully saturated rings. The molecule has 2 unspecified atom stereocenters. The van der Waals surface area contributed by atoms with E-state index in [1.807, 2.05) is 45.0 Å². The molecule has 2 rings (SSSR count). The molecule has 144 valence electrons. The first kappa shape index (κ1) is 20.2. The first-order valence-corrected chi connectivity index (χ1v) is 9.39. The summed E-state index contributed by atoms with van der Waals surface area (Å²) in [5.74, 6) is 0.475. The molecular formula is C20H30N2O4. The third kappa shape index (κ3) is 6.02. The van der Waals surface area contributed by atoms with Crippen molar-refractivity contribution in [3.8, 4) is 5.75 Å². The van der Waals surface area contributed by atoms with Crippen molar-refractivity contribution >= 4 is 11.9 Å². The van der Waals surface area contributed by atoms with Gasteiger partial charge in [-0.1, -0.05) is 12.1 Å². The number of hydrogen-bond acceptors (Lipinski definition) is 5. The standard InChI is InChI=1S/C20H30N2O4/c1-4-25-20(24)17-8-6-11-22(14-17)16(3)19(23)21-10-12-26-18-9-5-7-15(2)13-18/h5,7,9,13,16-17H,4,6,8,10-12,14H2,1-3H3,(H,21,23). The van der Waals surface area contributed by atoms with Gasteiger partial charge in [0.15, 0.2) is 0 Å². The Morgan fingerprint density at radius 3 is 2.92 bits per heavy atom. The van der Waals surface area contributed by atoms with Gasteiger partial charge in [-0.25, -0.2) is 0 Å². The van der Waals surface area contributed by atoms with Crippen LogP contribution in [0.2, 0.25) is 0 Å². The van der Waals surface area contributed by atoms with E-state index in [1.54, 1.807) is 0 Å². The SMILES string of the molecule is CCOC(=O)C1CCCN(C(C)C(=O)NCCOc2cccc(C)c2)C1. The van der Waals surface area contributed by atoms with Gasteiger partial charge in [0, 0.05) is 6.54 Å². The minimum absolute atomic E-state index is 0.0395. The van der Waals surface area contributed by atoms with Gasteiger partial charge in [-0.2, -0.15) is 0 Å². The van der Waals surface area contributed by atoms with E-state index < -0.39 is 0 Å². The second kappa shape index (κ2) is 10.2. The molecule has 0 aliphatic carbocycles. The number of likely N-dealkylation sites (tertiary alicyclic amines) is 1. The molecule has 1 heterocycles. The highest BCUT2D eigenvalue weighted by Crippen LogP contribution is 2.20. The zero-order valence-corrected chi connectivity index (χ0v) is 16.0. The molecule has 1 aliphatic rings. The predicted molar refractivity (Wildman–Crippen MR) is 100 cm³/mol. The Morgan fingerprint density at radius 2 is 2.19 bits per heavy atom. The fraction of sp³-hybridized carbons (Fsp3) is 0.600. The van der Waals surface area contributed by atoms with Crippen molar-refractivity contribution in [3.63, 3.8) is 0 Å². The second-order valence-corrected chi connectivity index (χ2v) is 6.72. The molecule has 0 bridgehead atoms. The molecule has 26 heavy (non-hydrogen) atoms. The molecule has 2 atom stereocenters. The molecule has 0 radical (unpaired) electrons. The van der Waals surface area contributed by atoms with Gasteiger partial charge < -0.3 is 14.8 Å².